The number of nitrogens with zero attached hydrogens (tertiary/aromatic N) is 3. The normalized spacial score (nSPS) is 22.3. The van der Waals surface area contributed by atoms with E-state index in [1.165, 1.54) is 6.33 Å². The van der Waals surface area contributed by atoms with Gasteiger partial charge in [-0.25, -0.2) is 9.78 Å². The summed E-state index contributed by atoms with van der Waals surface area (Å²) in [6, 6.07) is 0. The van der Waals surface area contributed by atoms with Crippen LogP contribution in [-0.4, -0.2) is 50.5 Å². The van der Waals surface area contributed by atoms with Crippen molar-refractivity contribution in [3.63, 3.8) is 0 Å². The van der Waals surface area contributed by atoms with Crippen LogP contribution in [0.15, 0.2) is 12.7 Å². The molecule has 0 radical (unpaired) electrons. The Morgan fingerprint density at radius 3 is 2.95 bits per heavy atom. The van der Waals surface area contributed by atoms with Gasteiger partial charge in [-0.2, -0.15) is 5.10 Å². The molecule has 8 nitrogen and oxygen atoms in total. The van der Waals surface area contributed by atoms with Crippen LogP contribution in [0.4, 0.5) is 0 Å². The molecule has 104 valence electrons. The number of rotatable bonds is 6. The fraction of sp³-hybridized carbons (Fsp3) is 0.636. The molecule has 0 bridgehead atoms. The first kappa shape index (κ1) is 13.5. The molecule has 0 saturated carbocycles. The van der Waals surface area contributed by atoms with Crippen molar-refractivity contribution in [2.45, 2.75) is 38.0 Å². The minimum atomic E-state index is -0.944. The molecule has 2 atom stereocenters. The number of amides is 1. The molecule has 1 fully saturated rings. The van der Waals surface area contributed by atoms with Crippen LogP contribution < -0.4 is 5.32 Å². The van der Waals surface area contributed by atoms with Crippen LogP contribution >= 0.6 is 0 Å². The number of aromatic nitrogens is 3. The zero-order valence-corrected chi connectivity index (χ0v) is 10.4. The number of carbonyl (C=O) groups excluding carboxylic acids is 1. The number of nitrogens with one attached hydrogen (secondary N) is 1. The lowest BCUT2D eigenvalue weighted by molar-refractivity contribution is -0.149. The predicted octanol–water partition coefficient (Wildman–Crippen LogP) is -0.583. The first-order valence-corrected chi connectivity index (χ1v) is 6.12. The molecule has 2 rings (SSSR count). The molecule has 1 aliphatic rings. The molecule has 1 aliphatic heterocycles. The summed E-state index contributed by atoms with van der Waals surface area (Å²) in [6.07, 6.45) is 3.46. The van der Waals surface area contributed by atoms with E-state index in [0.717, 1.165) is 0 Å². The van der Waals surface area contributed by atoms with Crippen molar-refractivity contribution in [1.82, 2.24) is 20.1 Å². The number of aliphatic carboxylic acids is 1. The van der Waals surface area contributed by atoms with E-state index in [9.17, 15) is 9.59 Å². The molecule has 1 saturated heterocycles. The highest BCUT2D eigenvalue weighted by Crippen LogP contribution is 2.19. The van der Waals surface area contributed by atoms with Gasteiger partial charge < -0.3 is 15.2 Å². The van der Waals surface area contributed by atoms with Crippen molar-refractivity contribution < 1.29 is 19.4 Å². The molecule has 2 heterocycles. The summed E-state index contributed by atoms with van der Waals surface area (Å²) in [5.41, 5.74) is 0. The Morgan fingerprint density at radius 2 is 2.32 bits per heavy atom. The standard InChI is InChI=1S/C11H16N4O4/c16-10(3-4-15-7-12-6-14-15)13-5-8-1-2-9(19-8)11(17)18/h6-9H,1-5H2,(H,13,16)(H,17,18). The van der Waals surface area contributed by atoms with Gasteiger partial charge in [0.05, 0.1) is 12.6 Å². The molecule has 1 aromatic heterocycles. The van der Waals surface area contributed by atoms with Crippen LogP contribution in [0, 0.1) is 0 Å². The second-order valence-electron chi connectivity index (χ2n) is 4.37. The van der Waals surface area contributed by atoms with Gasteiger partial charge >= 0.3 is 5.97 Å². The van der Waals surface area contributed by atoms with Crippen molar-refractivity contribution in [2.24, 2.45) is 0 Å². The summed E-state index contributed by atoms with van der Waals surface area (Å²) in [6.45, 7) is 0.815. The lowest BCUT2D eigenvalue weighted by Gasteiger charge is -2.12. The van der Waals surface area contributed by atoms with Crippen molar-refractivity contribution in [3.8, 4) is 0 Å². The number of carboxylic acid groups (broad SMARTS) is 1. The third-order valence-corrected chi connectivity index (χ3v) is 2.94. The van der Waals surface area contributed by atoms with Crippen molar-refractivity contribution in [2.75, 3.05) is 6.54 Å². The molecular weight excluding hydrogens is 252 g/mol. The van der Waals surface area contributed by atoms with Crippen LogP contribution in [0.1, 0.15) is 19.3 Å². The van der Waals surface area contributed by atoms with E-state index in [2.05, 4.69) is 15.4 Å². The Balaban J connectivity index is 1.63. The van der Waals surface area contributed by atoms with Crippen LogP contribution in [-0.2, 0) is 20.9 Å². The predicted molar refractivity (Wildman–Crippen MR) is 63.2 cm³/mol. The Hall–Kier alpha value is -1.96. The Morgan fingerprint density at radius 1 is 1.47 bits per heavy atom. The highest BCUT2D eigenvalue weighted by Gasteiger charge is 2.30. The first-order chi connectivity index (χ1) is 9.15. The van der Waals surface area contributed by atoms with Crippen molar-refractivity contribution in [1.29, 1.82) is 0 Å². The van der Waals surface area contributed by atoms with E-state index in [4.69, 9.17) is 9.84 Å². The van der Waals surface area contributed by atoms with E-state index in [-0.39, 0.29) is 12.0 Å². The topological polar surface area (TPSA) is 106 Å². The Bertz CT molecular complexity index is 434. The third kappa shape index (κ3) is 4.02. The smallest absolute Gasteiger partial charge is 0.332 e. The average molecular weight is 268 g/mol. The average Bonchev–Trinajstić information content (AvgIpc) is 3.05. The maximum Gasteiger partial charge on any atom is 0.332 e. The summed E-state index contributed by atoms with van der Waals surface area (Å²) in [5, 5.41) is 15.4. The molecule has 8 heteroatoms. The largest absolute Gasteiger partial charge is 0.479 e. The number of carboxylic acids is 1. The van der Waals surface area contributed by atoms with Gasteiger partial charge in [-0.15, -0.1) is 0 Å². The first-order valence-electron chi connectivity index (χ1n) is 6.12. The summed E-state index contributed by atoms with van der Waals surface area (Å²) in [7, 11) is 0. The lowest BCUT2D eigenvalue weighted by Crippen LogP contribution is -2.33. The quantitative estimate of drug-likeness (QED) is 0.714. The molecule has 1 aromatic rings. The van der Waals surface area contributed by atoms with E-state index in [1.54, 1.807) is 11.0 Å². The molecule has 2 unspecified atom stereocenters. The van der Waals surface area contributed by atoms with E-state index < -0.39 is 12.1 Å². The number of carbonyl (C=O) groups is 2. The third-order valence-electron chi connectivity index (χ3n) is 2.94. The maximum absolute atomic E-state index is 11.6. The molecule has 2 N–H and O–H groups in total. The maximum atomic E-state index is 11.6. The second-order valence-corrected chi connectivity index (χ2v) is 4.37. The van der Waals surface area contributed by atoms with Gasteiger partial charge in [0.25, 0.3) is 0 Å². The van der Waals surface area contributed by atoms with Gasteiger partial charge in [0, 0.05) is 13.0 Å². The Kier molecular flexibility index (Phi) is 4.45. The fourth-order valence-electron chi connectivity index (χ4n) is 1.92. The molecule has 0 aromatic carbocycles. The molecule has 0 aliphatic carbocycles. The van der Waals surface area contributed by atoms with E-state index in [1.807, 2.05) is 0 Å². The van der Waals surface area contributed by atoms with E-state index in [0.29, 0.717) is 32.4 Å². The van der Waals surface area contributed by atoms with Gasteiger partial charge in [-0.1, -0.05) is 0 Å². The van der Waals surface area contributed by atoms with Gasteiger partial charge in [-0.05, 0) is 12.8 Å². The number of hydrogen-bond donors (Lipinski definition) is 2. The van der Waals surface area contributed by atoms with Crippen LogP contribution in [0.3, 0.4) is 0 Å². The van der Waals surface area contributed by atoms with Gasteiger partial charge in [-0.3, -0.25) is 9.48 Å². The second kappa shape index (κ2) is 6.28. The SMILES string of the molecule is O=C(CCn1cncn1)NCC1CCC(C(=O)O)O1. The number of hydrogen-bond acceptors (Lipinski definition) is 5. The molecule has 0 spiro atoms. The lowest BCUT2D eigenvalue weighted by atomic mass is 10.2. The molecule has 1 amide bonds. The zero-order chi connectivity index (χ0) is 13.7. The van der Waals surface area contributed by atoms with Gasteiger partial charge in [0.1, 0.15) is 12.7 Å². The summed E-state index contributed by atoms with van der Waals surface area (Å²) < 4.78 is 6.86. The van der Waals surface area contributed by atoms with Gasteiger partial charge in [0.2, 0.25) is 5.91 Å². The van der Waals surface area contributed by atoms with Crippen LogP contribution in [0.5, 0.6) is 0 Å². The molecule has 19 heavy (non-hydrogen) atoms. The van der Waals surface area contributed by atoms with Crippen molar-refractivity contribution in [3.05, 3.63) is 12.7 Å². The minimum absolute atomic E-state index is 0.113. The highest BCUT2D eigenvalue weighted by molar-refractivity contribution is 5.75. The zero-order valence-electron chi connectivity index (χ0n) is 10.4. The molecular formula is C11H16N4O4. The summed E-state index contributed by atoms with van der Waals surface area (Å²) in [5.74, 6) is -1.06. The minimum Gasteiger partial charge on any atom is -0.479 e. The summed E-state index contributed by atoms with van der Waals surface area (Å²) >= 11 is 0. The summed E-state index contributed by atoms with van der Waals surface area (Å²) in [4.78, 5) is 26.0. The van der Waals surface area contributed by atoms with Crippen LogP contribution in [0.25, 0.3) is 0 Å². The Labute approximate surface area is 109 Å². The van der Waals surface area contributed by atoms with Crippen LogP contribution in [0.2, 0.25) is 0 Å². The van der Waals surface area contributed by atoms with E-state index >= 15 is 0 Å². The van der Waals surface area contributed by atoms with Gasteiger partial charge in [0.15, 0.2) is 6.10 Å². The monoisotopic (exact) mass is 268 g/mol. The number of aryl methyl sites for hydroxylation is 1. The number of ether oxygens (including phenoxy) is 1. The van der Waals surface area contributed by atoms with Crippen molar-refractivity contribution >= 4 is 11.9 Å². The highest BCUT2D eigenvalue weighted by atomic mass is 16.5. The fourth-order valence-corrected chi connectivity index (χ4v) is 1.92.